The van der Waals surface area contributed by atoms with E-state index < -0.39 is 6.10 Å². The molecule has 0 fully saturated rings. The van der Waals surface area contributed by atoms with Crippen LogP contribution >= 0.6 is 15.9 Å². The summed E-state index contributed by atoms with van der Waals surface area (Å²) in [5.41, 5.74) is 0. The summed E-state index contributed by atoms with van der Waals surface area (Å²) in [6.07, 6.45) is 2.05. The first-order valence-corrected chi connectivity index (χ1v) is 5.16. The zero-order valence-corrected chi connectivity index (χ0v) is 9.17. The van der Waals surface area contributed by atoms with Crippen molar-refractivity contribution in [2.45, 2.75) is 19.4 Å². The standard InChI is InChI=1S/C9H14BrNO2/c1-2-4-11-6-8(12)9-7(10)3-5-13-9/h3,5,8,11-12H,2,4,6H2,1H3. The molecule has 4 heteroatoms. The van der Waals surface area contributed by atoms with Gasteiger partial charge in [-0.25, -0.2) is 0 Å². The molecule has 1 rings (SSSR count). The number of rotatable bonds is 5. The Morgan fingerprint density at radius 2 is 2.46 bits per heavy atom. The number of furan rings is 1. The van der Waals surface area contributed by atoms with Crippen LogP contribution in [0.2, 0.25) is 0 Å². The molecule has 0 amide bonds. The van der Waals surface area contributed by atoms with Crippen molar-refractivity contribution in [1.82, 2.24) is 5.32 Å². The minimum absolute atomic E-state index is 0.528. The summed E-state index contributed by atoms with van der Waals surface area (Å²) in [5, 5.41) is 12.8. The van der Waals surface area contributed by atoms with Crippen molar-refractivity contribution in [2.75, 3.05) is 13.1 Å². The molecule has 0 spiro atoms. The van der Waals surface area contributed by atoms with E-state index in [0.717, 1.165) is 17.4 Å². The molecular weight excluding hydrogens is 234 g/mol. The number of aliphatic hydroxyl groups is 1. The minimum atomic E-state index is -0.573. The molecule has 1 aromatic rings. The zero-order chi connectivity index (χ0) is 9.68. The number of hydrogen-bond acceptors (Lipinski definition) is 3. The summed E-state index contributed by atoms with van der Waals surface area (Å²) in [7, 11) is 0. The fourth-order valence-corrected chi connectivity index (χ4v) is 1.52. The molecule has 0 aliphatic carbocycles. The normalized spacial score (nSPS) is 13.2. The van der Waals surface area contributed by atoms with Gasteiger partial charge in [-0.05, 0) is 35.0 Å². The third-order valence-electron chi connectivity index (χ3n) is 1.71. The van der Waals surface area contributed by atoms with Crippen LogP contribution in [-0.2, 0) is 0 Å². The van der Waals surface area contributed by atoms with Crippen molar-refractivity contribution < 1.29 is 9.52 Å². The van der Waals surface area contributed by atoms with E-state index in [-0.39, 0.29) is 0 Å². The molecule has 0 aromatic carbocycles. The maximum Gasteiger partial charge on any atom is 0.147 e. The van der Waals surface area contributed by atoms with Gasteiger partial charge in [-0.1, -0.05) is 6.92 Å². The van der Waals surface area contributed by atoms with Gasteiger partial charge in [0.15, 0.2) is 0 Å². The van der Waals surface area contributed by atoms with Gasteiger partial charge in [0.1, 0.15) is 11.9 Å². The van der Waals surface area contributed by atoms with E-state index in [2.05, 4.69) is 28.2 Å². The lowest BCUT2D eigenvalue weighted by Gasteiger charge is -2.08. The molecule has 0 radical (unpaired) electrons. The summed E-state index contributed by atoms with van der Waals surface area (Å²) in [5.74, 6) is 0.587. The summed E-state index contributed by atoms with van der Waals surface area (Å²) in [4.78, 5) is 0. The van der Waals surface area contributed by atoms with Crippen LogP contribution < -0.4 is 5.32 Å². The first-order valence-electron chi connectivity index (χ1n) is 4.37. The predicted octanol–water partition coefficient (Wildman–Crippen LogP) is 2.08. The fraction of sp³-hybridized carbons (Fsp3) is 0.556. The van der Waals surface area contributed by atoms with Crippen LogP contribution in [0.3, 0.4) is 0 Å². The second-order valence-corrected chi connectivity index (χ2v) is 3.71. The molecule has 0 aliphatic rings. The van der Waals surface area contributed by atoms with Crippen molar-refractivity contribution in [1.29, 1.82) is 0 Å². The number of halogens is 1. The molecule has 0 saturated carbocycles. The van der Waals surface area contributed by atoms with Gasteiger partial charge in [-0.15, -0.1) is 0 Å². The molecule has 0 aliphatic heterocycles. The molecule has 13 heavy (non-hydrogen) atoms. The van der Waals surface area contributed by atoms with Gasteiger partial charge in [-0.3, -0.25) is 0 Å². The molecule has 2 N–H and O–H groups in total. The number of nitrogens with one attached hydrogen (secondary N) is 1. The van der Waals surface area contributed by atoms with Gasteiger partial charge in [0, 0.05) is 6.54 Å². The van der Waals surface area contributed by atoms with Crippen LogP contribution in [-0.4, -0.2) is 18.2 Å². The van der Waals surface area contributed by atoms with Gasteiger partial charge in [0.2, 0.25) is 0 Å². The van der Waals surface area contributed by atoms with Gasteiger partial charge >= 0.3 is 0 Å². The lowest BCUT2D eigenvalue weighted by molar-refractivity contribution is 0.147. The molecule has 0 bridgehead atoms. The van der Waals surface area contributed by atoms with E-state index in [9.17, 15) is 5.11 Å². The highest BCUT2D eigenvalue weighted by Crippen LogP contribution is 2.23. The lowest BCUT2D eigenvalue weighted by atomic mass is 10.2. The third kappa shape index (κ3) is 3.14. The Labute approximate surface area is 86.3 Å². The zero-order valence-electron chi connectivity index (χ0n) is 7.59. The highest BCUT2D eigenvalue weighted by Gasteiger charge is 2.13. The molecule has 1 atom stereocenters. The average Bonchev–Trinajstić information content (AvgIpc) is 2.52. The number of aliphatic hydroxyl groups excluding tert-OH is 1. The maximum atomic E-state index is 9.63. The highest BCUT2D eigenvalue weighted by molar-refractivity contribution is 9.10. The van der Waals surface area contributed by atoms with Crippen LogP contribution in [0.5, 0.6) is 0 Å². The molecule has 3 nitrogen and oxygen atoms in total. The van der Waals surface area contributed by atoms with E-state index in [1.807, 2.05) is 0 Å². The second kappa shape index (κ2) is 5.42. The summed E-state index contributed by atoms with van der Waals surface area (Å²) in [6.45, 7) is 3.53. The van der Waals surface area contributed by atoms with Crippen LogP contribution in [0, 0.1) is 0 Å². The quantitative estimate of drug-likeness (QED) is 0.784. The highest BCUT2D eigenvalue weighted by atomic mass is 79.9. The maximum absolute atomic E-state index is 9.63. The van der Waals surface area contributed by atoms with Gasteiger partial charge < -0.3 is 14.8 Å². The second-order valence-electron chi connectivity index (χ2n) is 2.85. The van der Waals surface area contributed by atoms with Crippen LogP contribution in [0.4, 0.5) is 0 Å². The largest absolute Gasteiger partial charge is 0.465 e. The number of hydrogen-bond donors (Lipinski definition) is 2. The summed E-state index contributed by atoms with van der Waals surface area (Å²) in [6, 6.07) is 1.78. The minimum Gasteiger partial charge on any atom is -0.465 e. The Kier molecular flexibility index (Phi) is 4.48. The molecule has 74 valence electrons. The molecule has 1 aromatic heterocycles. The van der Waals surface area contributed by atoms with Gasteiger partial charge in [0.05, 0.1) is 10.7 Å². The molecule has 1 unspecified atom stereocenters. The van der Waals surface area contributed by atoms with E-state index in [4.69, 9.17) is 4.42 Å². The van der Waals surface area contributed by atoms with E-state index >= 15 is 0 Å². The van der Waals surface area contributed by atoms with Crippen molar-refractivity contribution >= 4 is 15.9 Å². The van der Waals surface area contributed by atoms with Crippen molar-refractivity contribution in [3.05, 3.63) is 22.6 Å². The van der Waals surface area contributed by atoms with Crippen molar-refractivity contribution in [3.8, 4) is 0 Å². The predicted molar refractivity (Wildman–Crippen MR) is 54.5 cm³/mol. The van der Waals surface area contributed by atoms with Crippen LogP contribution in [0.15, 0.2) is 21.2 Å². The topological polar surface area (TPSA) is 45.4 Å². The van der Waals surface area contributed by atoms with E-state index in [0.29, 0.717) is 12.3 Å². The van der Waals surface area contributed by atoms with Crippen LogP contribution in [0.1, 0.15) is 25.2 Å². The Hall–Kier alpha value is -0.320. The van der Waals surface area contributed by atoms with E-state index in [1.54, 1.807) is 12.3 Å². The Balaban J connectivity index is 2.39. The fourth-order valence-electron chi connectivity index (χ4n) is 1.05. The van der Waals surface area contributed by atoms with Gasteiger partial charge in [-0.2, -0.15) is 0 Å². The van der Waals surface area contributed by atoms with E-state index in [1.165, 1.54) is 0 Å². The smallest absolute Gasteiger partial charge is 0.147 e. The van der Waals surface area contributed by atoms with Crippen LogP contribution in [0.25, 0.3) is 0 Å². The summed E-state index contributed by atoms with van der Waals surface area (Å²) >= 11 is 3.29. The SMILES string of the molecule is CCCNCC(O)c1occc1Br. The molecule has 1 heterocycles. The monoisotopic (exact) mass is 247 g/mol. The first-order chi connectivity index (χ1) is 6.25. The van der Waals surface area contributed by atoms with Gasteiger partial charge in [0.25, 0.3) is 0 Å². The van der Waals surface area contributed by atoms with Crippen molar-refractivity contribution in [2.24, 2.45) is 0 Å². The Bertz CT molecular complexity index is 250. The first kappa shape index (κ1) is 10.8. The summed E-state index contributed by atoms with van der Waals surface area (Å²) < 4.78 is 5.94. The Morgan fingerprint density at radius 3 is 3.00 bits per heavy atom. The third-order valence-corrected chi connectivity index (χ3v) is 2.37. The average molecular weight is 248 g/mol. The lowest BCUT2D eigenvalue weighted by Crippen LogP contribution is -2.21. The molecular formula is C9H14BrNO2. The molecule has 0 saturated heterocycles. The Morgan fingerprint density at radius 1 is 1.69 bits per heavy atom. The van der Waals surface area contributed by atoms with Crippen molar-refractivity contribution in [3.63, 3.8) is 0 Å².